The van der Waals surface area contributed by atoms with Crippen molar-refractivity contribution in [3.63, 3.8) is 0 Å². The van der Waals surface area contributed by atoms with E-state index < -0.39 is 0 Å². The molecule has 0 saturated carbocycles. The molecule has 1 N–H and O–H groups in total. The summed E-state index contributed by atoms with van der Waals surface area (Å²) in [6.07, 6.45) is 0. The van der Waals surface area contributed by atoms with Gasteiger partial charge >= 0.3 is 0 Å². The van der Waals surface area contributed by atoms with Crippen LogP contribution in [0.25, 0.3) is 0 Å². The molecule has 25 valence electrons. The van der Waals surface area contributed by atoms with Gasteiger partial charge in [0.15, 0.2) is 0 Å². The largest absolute Gasteiger partial charge is 0.323 e. The van der Waals surface area contributed by atoms with Crippen LogP contribution in [0, 0.1) is 0 Å². The van der Waals surface area contributed by atoms with Gasteiger partial charge < -0.3 is 5.32 Å². The molecule has 2 nitrogen and oxygen atoms in total. The number of hydrogen-bond donors (Lipinski definition) is 1. The monoisotopic (exact) mass is 59.1 g/mol. The van der Waals surface area contributed by atoms with Crippen molar-refractivity contribution < 1.29 is 0 Å². The minimum absolute atomic E-state index is 0. The Morgan fingerprint density at radius 1 is 1.25 bits per heavy atom. The van der Waals surface area contributed by atoms with E-state index in [9.17, 15) is 0 Å². The molecule has 0 unspecified atom stereocenters. The summed E-state index contributed by atoms with van der Waals surface area (Å²) >= 11 is 0. The summed E-state index contributed by atoms with van der Waals surface area (Å²) in [7, 11) is 3.75. The molecule has 0 aliphatic heterocycles. The molecule has 2 heteroatoms. The molecule has 0 amide bonds. The maximum absolute atomic E-state index is 2.75. The molecule has 0 saturated heterocycles. The highest BCUT2D eigenvalue weighted by Crippen LogP contribution is 0.981. The van der Waals surface area contributed by atoms with Gasteiger partial charge in [-0.15, -0.1) is 0 Å². The van der Waals surface area contributed by atoms with Crippen LogP contribution in [0.3, 0.4) is 0 Å². The first kappa shape index (κ1) is 9.07. The quantitative estimate of drug-likeness (QED) is 0.396. The van der Waals surface area contributed by atoms with Crippen LogP contribution in [0.1, 0.15) is 0 Å². The Kier molecular flexibility index (Phi) is 28.8. The maximum Gasteiger partial charge on any atom is 0 e. The summed E-state index contributed by atoms with van der Waals surface area (Å²) in [4.78, 5) is 0. The molecule has 0 bridgehead atoms. The zero-order chi connectivity index (χ0) is 2.71. The molecule has 0 aromatic carbocycles. The standard InChI is InChI=1S/C2H7N.N/c1-3-2;/h3H,1-2H3;. The van der Waals surface area contributed by atoms with Gasteiger partial charge in [0.2, 0.25) is 0 Å². The molecular weight excluding hydrogens is 52.0 g/mol. The zero-order valence-electron chi connectivity index (χ0n) is 2.95. The van der Waals surface area contributed by atoms with Crippen LogP contribution >= 0.6 is 0 Å². The van der Waals surface area contributed by atoms with Crippen molar-refractivity contribution in [2.45, 2.75) is 0 Å². The van der Waals surface area contributed by atoms with Crippen molar-refractivity contribution >= 4 is 0 Å². The van der Waals surface area contributed by atoms with Crippen LogP contribution in [-0.4, -0.2) is 14.1 Å². The third-order valence-corrected chi connectivity index (χ3v) is 0. The Morgan fingerprint density at radius 3 is 1.25 bits per heavy atom. The molecular formula is C2H7N2. The van der Waals surface area contributed by atoms with E-state index in [1.54, 1.807) is 0 Å². The van der Waals surface area contributed by atoms with E-state index >= 15 is 0 Å². The van der Waals surface area contributed by atoms with Crippen LogP contribution in [0.2, 0.25) is 0 Å². The predicted molar refractivity (Wildman–Crippen MR) is 17.1 cm³/mol. The molecule has 3 radical (unpaired) electrons. The SMILES string of the molecule is CNC.[N]. The fourth-order valence-electron chi connectivity index (χ4n) is 0. The third-order valence-electron chi connectivity index (χ3n) is 0. The second kappa shape index (κ2) is 12.7. The molecule has 0 spiro atoms. The fraction of sp³-hybridized carbons (Fsp3) is 1.00. The molecule has 4 heavy (non-hydrogen) atoms. The Morgan fingerprint density at radius 2 is 1.25 bits per heavy atom. The van der Waals surface area contributed by atoms with Crippen LogP contribution in [-0.2, 0) is 0 Å². The lowest BCUT2D eigenvalue weighted by Gasteiger charge is -1.59. The second-order valence-corrected chi connectivity index (χ2v) is 0.500. The highest BCUT2D eigenvalue weighted by atomic mass is 14.7. The van der Waals surface area contributed by atoms with Crippen molar-refractivity contribution in [1.82, 2.24) is 11.5 Å². The first-order valence-electron chi connectivity index (χ1n) is 1.00. The number of nitrogens with one attached hydrogen (secondary N) is 1. The Bertz CT molecular complexity index is 4.00. The van der Waals surface area contributed by atoms with E-state index in [1.807, 2.05) is 14.1 Å². The smallest absolute Gasteiger partial charge is 0 e. The number of rotatable bonds is 0. The van der Waals surface area contributed by atoms with Gasteiger partial charge in [0, 0.05) is 6.15 Å². The van der Waals surface area contributed by atoms with Gasteiger partial charge in [-0.25, -0.2) is 0 Å². The Labute approximate surface area is 26.8 Å². The molecule has 0 heterocycles. The zero-order valence-corrected chi connectivity index (χ0v) is 2.95. The lowest BCUT2D eigenvalue weighted by Crippen LogP contribution is -1.89. The topological polar surface area (TPSA) is 42.5 Å². The van der Waals surface area contributed by atoms with E-state index in [-0.39, 0.29) is 6.15 Å². The maximum atomic E-state index is 2.75. The second-order valence-electron chi connectivity index (χ2n) is 0.500. The van der Waals surface area contributed by atoms with Gasteiger partial charge in [0.1, 0.15) is 0 Å². The minimum Gasteiger partial charge on any atom is -0.323 e. The van der Waals surface area contributed by atoms with E-state index in [0.29, 0.717) is 0 Å². The highest BCUT2D eigenvalue weighted by molar-refractivity contribution is 3.91. The Hall–Kier alpha value is -0.0800. The van der Waals surface area contributed by atoms with Crippen LogP contribution in [0.15, 0.2) is 0 Å². The first-order valence-corrected chi connectivity index (χ1v) is 1.00. The molecule has 0 rings (SSSR count). The summed E-state index contributed by atoms with van der Waals surface area (Å²) in [5, 5.41) is 2.75. The summed E-state index contributed by atoms with van der Waals surface area (Å²) in [5.74, 6) is 0. The third kappa shape index (κ3) is 254. The van der Waals surface area contributed by atoms with Crippen LogP contribution in [0.4, 0.5) is 0 Å². The van der Waals surface area contributed by atoms with Crippen molar-refractivity contribution in [2.24, 2.45) is 0 Å². The molecule has 0 aromatic heterocycles. The molecule has 0 aliphatic rings. The summed E-state index contributed by atoms with van der Waals surface area (Å²) in [6, 6.07) is 0. The van der Waals surface area contributed by atoms with Crippen molar-refractivity contribution in [3.05, 3.63) is 0 Å². The molecule has 0 fully saturated rings. The lowest BCUT2D eigenvalue weighted by molar-refractivity contribution is 1.02. The van der Waals surface area contributed by atoms with Gasteiger partial charge in [0.25, 0.3) is 0 Å². The average molecular weight is 59.1 g/mol. The fourth-order valence-corrected chi connectivity index (χ4v) is 0. The van der Waals surface area contributed by atoms with E-state index in [2.05, 4.69) is 5.32 Å². The number of nitrogens with zero attached hydrogens (tertiary/aromatic N) is 1. The van der Waals surface area contributed by atoms with Crippen molar-refractivity contribution in [3.8, 4) is 0 Å². The van der Waals surface area contributed by atoms with Crippen LogP contribution < -0.4 is 11.5 Å². The Balaban J connectivity index is 0. The normalized spacial score (nSPS) is 4.50. The van der Waals surface area contributed by atoms with Crippen LogP contribution in [0.5, 0.6) is 0 Å². The molecule has 0 aliphatic carbocycles. The van der Waals surface area contributed by atoms with Gasteiger partial charge in [-0.05, 0) is 14.1 Å². The molecule has 0 atom stereocenters. The summed E-state index contributed by atoms with van der Waals surface area (Å²) in [6.45, 7) is 0. The summed E-state index contributed by atoms with van der Waals surface area (Å²) < 4.78 is 0. The van der Waals surface area contributed by atoms with E-state index in [4.69, 9.17) is 0 Å². The van der Waals surface area contributed by atoms with Crippen molar-refractivity contribution in [2.75, 3.05) is 14.1 Å². The van der Waals surface area contributed by atoms with Gasteiger partial charge in [-0.3, -0.25) is 0 Å². The highest BCUT2D eigenvalue weighted by Gasteiger charge is 1.25. The first-order chi connectivity index (χ1) is 1.41. The lowest BCUT2D eigenvalue weighted by atomic mass is 11.3. The van der Waals surface area contributed by atoms with E-state index in [0.717, 1.165) is 0 Å². The summed E-state index contributed by atoms with van der Waals surface area (Å²) in [5.41, 5.74) is 0. The van der Waals surface area contributed by atoms with E-state index in [1.165, 1.54) is 0 Å². The predicted octanol–water partition coefficient (Wildman–Crippen LogP) is -0.645. The van der Waals surface area contributed by atoms with Gasteiger partial charge in [-0.2, -0.15) is 0 Å². The average Bonchev–Trinajstić information content (AvgIpc) is 0.918. The minimum atomic E-state index is 0. The van der Waals surface area contributed by atoms with Crippen molar-refractivity contribution in [1.29, 1.82) is 0 Å². The molecule has 0 aromatic rings. The number of hydrogen-bond acceptors (Lipinski definition) is 1. The van der Waals surface area contributed by atoms with Gasteiger partial charge in [0.05, 0.1) is 0 Å². The van der Waals surface area contributed by atoms with Gasteiger partial charge in [-0.1, -0.05) is 0 Å².